The summed E-state index contributed by atoms with van der Waals surface area (Å²) in [6, 6.07) is 0. The molecule has 18 heavy (non-hydrogen) atoms. The van der Waals surface area contributed by atoms with Gasteiger partial charge in [-0.05, 0) is 25.7 Å². The normalized spacial score (nSPS) is 24.2. The van der Waals surface area contributed by atoms with E-state index < -0.39 is 18.3 Å². The molecule has 0 saturated heterocycles. The third kappa shape index (κ3) is 2.85. The number of rotatable bonds is 3. The van der Waals surface area contributed by atoms with Gasteiger partial charge in [-0.2, -0.15) is 0 Å². The van der Waals surface area contributed by atoms with Crippen molar-refractivity contribution in [3.8, 4) is 0 Å². The third-order valence-electron chi connectivity index (χ3n) is 3.39. The molecule has 2 rings (SSSR count). The zero-order valence-electron chi connectivity index (χ0n) is 10.1. The number of alkyl halides is 2. The van der Waals surface area contributed by atoms with Crippen molar-refractivity contribution >= 4 is 17.3 Å². The fourth-order valence-corrected chi connectivity index (χ4v) is 3.25. The van der Waals surface area contributed by atoms with Gasteiger partial charge < -0.3 is 4.74 Å². The molecule has 1 saturated carbocycles. The van der Waals surface area contributed by atoms with E-state index in [1.165, 1.54) is 18.4 Å². The maximum absolute atomic E-state index is 12.5. The molecule has 1 aliphatic carbocycles. The van der Waals surface area contributed by atoms with E-state index in [-0.39, 0.29) is 5.92 Å². The first-order chi connectivity index (χ1) is 8.61. The van der Waals surface area contributed by atoms with Crippen molar-refractivity contribution in [1.82, 2.24) is 4.98 Å². The summed E-state index contributed by atoms with van der Waals surface area (Å²) < 4.78 is 29.7. The summed E-state index contributed by atoms with van der Waals surface area (Å²) in [5, 5.41) is 2.53. The molecule has 1 heterocycles. The molecule has 3 nitrogen and oxygen atoms in total. The molecule has 0 radical (unpaired) electrons. The Morgan fingerprint density at radius 2 is 2.11 bits per heavy atom. The monoisotopic (exact) mass is 275 g/mol. The molecule has 1 aromatic rings. The van der Waals surface area contributed by atoms with Crippen LogP contribution in [0.15, 0.2) is 5.38 Å². The number of esters is 1. The van der Waals surface area contributed by atoms with Crippen molar-refractivity contribution in [2.24, 2.45) is 5.92 Å². The summed E-state index contributed by atoms with van der Waals surface area (Å²) in [7, 11) is 1.31. The van der Waals surface area contributed by atoms with Gasteiger partial charge in [-0.15, -0.1) is 11.3 Å². The smallest absolute Gasteiger partial charge is 0.357 e. The van der Waals surface area contributed by atoms with E-state index >= 15 is 0 Å². The Balaban J connectivity index is 1.97. The average molecular weight is 275 g/mol. The Hall–Kier alpha value is -1.04. The van der Waals surface area contributed by atoms with Crippen LogP contribution in [0.2, 0.25) is 0 Å². The molecule has 0 spiro atoms. The van der Waals surface area contributed by atoms with Crippen LogP contribution in [-0.4, -0.2) is 24.5 Å². The van der Waals surface area contributed by atoms with Crippen LogP contribution in [0.3, 0.4) is 0 Å². The quantitative estimate of drug-likeness (QED) is 0.793. The van der Waals surface area contributed by atoms with E-state index in [1.807, 2.05) is 0 Å². The van der Waals surface area contributed by atoms with Crippen LogP contribution < -0.4 is 0 Å². The van der Waals surface area contributed by atoms with Gasteiger partial charge in [0, 0.05) is 17.2 Å². The summed E-state index contributed by atoms with van der Waals surface area (Å²) in [5.41, 5.74) is 0.313. The second-order valence-electron chi connectivity index (χ2n) is 4.51. The Morgan fingerprint density at radius 3 is 2.67 bits per heavy atom. The molecule has 0 aliphatic heterocycles. The zero-order chi connectivity index (χ0) is 13.1. The fraction of sp³-hybridized carbons (Fsp3) is 0.667. The van der Waals surface area contributed by atoms with Gasteiger partial charge in [0.1, 0.15) is 0 Å². The van der Waals surface area contributed by atoms with Crippen LogP contribution in [0.5, 0.6) is 0 Å². The predicted octanol–water partition coefficient (Wildman–Crippen LogP) is 3.47. The minimum absolute atomic E-state index is 0.211. The van der Waals surface area contributed by atoms with Crippen molar-refractivity contribution in [2.75, 3.05) is 7.11 Å². The highest BCUT2D eigenvalue weighted by atomic mass is 32.1. The SMILES string of the molecule is COC(=O)c1csc([C@H]2CC[C@H](C(F)F)CC2)n1. The Kier molecular flexibility index (Phi) is 4.27. The first-order valence-corrected chi connectivity index (χ1v) is 6.81. The molecule has 1 aromatic heterocycles. The lowest BCUT2D eigenvalue weighted by Crippen LogP contribution is -2.19. The number of methoxy groups -OCH3 is 1. The molecule has 0 N–H and O–H groups in total. The molecule has 0 atom stereocenters. The highest BCUT2D eigenvalue weighted by molar-refractivity contribution is 7.09. The van der Waals surface area contributed by atoms with Crippen LogP contribution in [0.4, 0.5) is 8.78 Å². The van der Waals surface area contributed by atoms with Gasteiger partial charge in [-0.25, -0.2) is 18.6 Å². The molecule has 0 unspecified atom stereocenters. The molecule has 0 bridgehead atoms. The highest BCUT2D eigenvalue weighted by Gasteiger charge is 2.29. The number of thiazole rings is 1. The highest BCUT2D eigenvalue weighted by Crippen LogP contribution is 2.39. The Bertz CT molecular complexity index is 414. The number of carbonyl (C=O) groups excluding carboxylic acids is 1. The Labute approximate surface area is 108 Å². The van der Waals surface area contributed by atoms with E-state index in [2.05, 4.69) is 9.72 Å². The van der Waals surface area contributed by atoms with Gasteiger partial charge in [-0.3, -0.25) is 0 Å². The number of hydrogen-bond acceptors (Lipinski definition) is 4. The maximum Gasteiger partial charge on any atom is 0.357 e. The van der Waals surface area contributed by atoms with Crippen molar-refractivity contribution in [3.05, 3.63) is 16.1 Å². The molecular weight excluding hydrogens is 260 g/mol. The molecule has 6 heteroatoms. The minimum atomic E-state index is -2.21. The molecule has 1 aliphatic rings. The first kappa shape index (κ1) is 13.4. The summed E-state index contributed by atoms with van der Waals surface area (Å²) in [6.07, 6.45) is 0.310. The van der Waals surface area contributed by atoms with Crippen molar-refractivity contribution in [3.63, 3.8) is 0 Å². The average Bonchev–Trinajstić information content (AvgIpc) is 2.87. The summed E-state index contributed by atoms with van der Waals surface area (Å²) >= 11 is 1.41. The second kappa shape index (κ2) is 5.73. The number of ether oxygens (including phenoxy) is 1. The number of aromatic nitrogens is 1. The maximum atomic E-state index is 12.5. The lowest BCUT2D eigenvalue weighted by atomic mass is 9.82. The molecule has 0 amide bonds. The standard InChI is InChI=1S/C12H15F2NO2S/c1-17-12(16)9-6-18-11(15-9)8-4-2-7(3-5-8)10(13)14/h6-8,10H,2-5H2,1H3/t7-,8-. The van der Waals surface area contributed by atoms with E-state index in [9.17, 15) is 13.6 Å². The molecule has 0 aromatic carbocycles. The number of nitrogens with zero attached hydrogens (tertiary/aromatic N) is 1. The molecular formula is C12H15F2NO2S. The van der Waals surface area contributed by atoms with Gasteiger partial charge >= 0.3 is 5.97 Å². The summed E-state index contributed by atoms with van der Waals surface area (Å²) in [4.78, 5) is 15.5. The van der Waals surface area contributed by atoms with Gasteiger partial charge in [0.25, 0.3) is 0 Å². The lowest BCUT2D eigenvalue weighted by Gasteiger charge is -2.26. The minimum Gasteiger partial charge on any atom is -0.464 e. The van der Waals surface area contributed by atoms with Crippen molar-refractivity contribution in [1.29, 1.82) is 0 Å². The molecule has 100 valence electrons. The fourth-order valence-electron chi connectivity index (χ4n) is 2.29. The second-order valence-corrected chi connectivity index (χ2v) is 5.40. The van der Waals surface area contributed by atoms with Gasteiger partial charge in [0.2, 0.25) is 6.43 Å². The van der Waals surface area contributed by atoms with Gasteiger partial charge in [-0.1, -0.05) is 0 Å². The zero-order valence-corrected chi connectivity index (χ0v) is 10.9. The number of hydrogen-bond donors (Lipinski definition) is 0. The number of carbonyl (C=O) groups is 1. The van der Waals surface area contributed by atoms with Crippen LogP contribution in [-0.2, 0) is 4.74 Å². The topological polar surface area (TPSA) is 39.2 Å². The van der Waals surface area contributed by atoms with Gasteiger partial charge in [0.05, 0.1) is 12.1 Å². The predicted molar refractivity (Wildman–Crippen MR) is 64.2 cm³/mol. The van der Waals surface area contributed by atoms with E-state index in [1.54, 1.807) is 5.38 Å². The summed E-state index contributed by atoms with van der Waals surface area (Å²) in [6.45, 7) is 0. The van der Waals surface area contributed by atoms with Crippen LogP contribution in [0, 0.1) is 5.92 Å². The van der Waals surface area contributed by atoms with Crippen LogP contribution in [0.1, 0.15) is 47.1 Å². The first-order valence-electron chi connectivity index (χ1n) is 5.93. The van der Waals surface area contributed by atoms with E-state index in [4.69, 9.17) is 0 Å². The lowest BCUT2D eigenvalue weighted by molar-refractivity contribution is 0.0528. The van der Waals surface area contributed by atoms with Crippen molar-refractivity contribution in [2.45, 2.75) is 38.0 Å². The van der Waals surface area contributed by atoms with Gasteiger partial charge in [0.15, 0.2) is 5.69 Å². The Morgan fingerprint density at radius 1 is 1.44 bits per heavy atom. The largest absolute Gasteiger partial charge is 0.464 e. The van der Waals surface area contributed by atoms with Crippen LogP contribution in [0.25, 0.3) is 0 Å². The third-order valence-corrected chi connectivity index (χ3v) is 4.40. The summed E-state index contributed by atoms with van der Waals surface area (Å²) in [5.74, 6) is -0.705. The van der Waals surface area contributed by atoms with E-state index in [0.29, 0.717) is 18.5 Å². The molecule has 1 fully saturated rings. The van der Waals surface area contributed by atoms with Crippen molar-refractivity contribution < 1.29 is 18.3 Å². The van der Waals surface area contributed by atoms with Crippen LogP contribution >= 0.6 is 11.3 Å². The number of halogens is 2. The van der Waals surface area contributed by atoms with E-state index in [0.717, 1.165) is 17.8 Å².